The Hall–Kier alpha value is -2.15. The van der Waals surface area contributed by atoms with Gasteiger partial charge in [-0.15, -0.1) is 0 Å². The molecule has 152 valence electrons. The van der Waals surface area contributed by atoms with Crippen molar-refractivity contribution in [2.45, 2.75) is 44.3 Å². The number of aromatic nitrogens is 1. The molecule has 0 saturated carbocycles. The molecule has 3 heterocycles. The van der Waals surface area contributed by atoms with Crippen molar-refractivity contribution >= 4 is 46.5 Å². The van der Waals surface area contributed by atoms with E-state index >= 15 is 0 Å². The van der Waals surface area contributed by atoms with E-state index < -0.39 is 0 Å². The number of rotatable bonds is 5. The van der Waals surface area contributed by atoms with Crippen LogP contribution in [-0.4, -0.2) is 29.0 Å². The summed E-state index contributed by atoms with van der Waals surface area (Å²) in [5.41, 5.74) is 1.53. The highest BCUT2D eigenvalue weighted by Gasteiger charge is 2.52. The van der Waals surface area contributed by atoms with E-state index in [1.807, 2.05) is 12.1 Å². The van der Waals surface area contributed by atoms with Crippen LogP contribution in [0.3, 0.4) is 0 Å². The molecule has 0 radical (unpaired) electrons. The fraction of sp³-hybridized carbons (Fsp3) is 0.381. The van der Waals surface area contributed by atoms with E-state index in [9.17, 15) is 9.59 Å². The molecule has 2 bridgehead atoms. The molecule has 2 fully saturated rings. The normalized spacial score (nSPS) is 25.1. The maximum absolute atomic E-state index is 13.1. The average molecular weight is 434 g/mol. The molecule has 1 aromatic heterocycles. The van der Waals surface area contributed by atoms with Gasteiger partial charge in [0.25, 0.3) is 0 Å². The summed E-state index contributed by atoms with van der Waals surface area (Å²) < 4.78 is 6.08. The Kier molecular flexibility index (Phi) is 5.76. The number of carbonyl (C=O) groups is 2. The van der Waals surface area contributed by atoms with Crippen LogP contribution in [0.5, 0.6) is 0 Å². The van der Waals surface area contributed by atoms with Crippen molar-refractivity contribution in [3.05, 3.63) is 52.1 Å². The van der Waals surface area contributed by atoms with Crippen LogP contribution in [0, 0.1) is 5.92 Å². The summed E-state index contributed by atoms with van der Waals surface area (Å²) in [6, 6.07) is 8.73. The van der Waals surface area contributed by atoms with Gasteiger partial charge in [0.05, 0.1) is 28.2 Å². The number of hydrogen-bond acceptors (Lipinski definition) is 4. The number of halogens is 2. The van der Waals surface area contributed by atoms with Crippen molar-refractivity contribution in [2.24, 2.45) is 5.92 Å². The Balaban J connectivity index is 1.57. The summed E-state index contributed by atoms with van der Waals surface area (Å²) in [6.45, 7) is 1.78. The van der Waals surface area contributed by atoms with Crippen LogP contribution >= 0.6 is 23.2 Å². The molecule has 1 aromatic carbocycles. The van der Waals surface area contributed by atoms with Crippen molar-refractivity contribution in [3.8, 4) is 0 Å². The number of hydrogen-bond donors (Lipinski definition) is 2. The molecule has 8 heteroatoms. The minimum absolute atomic E-state index is 0.0262. The SMILES string of the molecule is CCC(=O)Nc1cc(C2C3CCC(O3)C2C(=O)Nc2ccc(Cl)c(Cl)c2)ccn1. The summed E-state index contributed by atoms with van der Waals surface area (Å²) in [6.07, 6.45) is 3.63. The minimum atomic E-state index is -0.333. The van der Waals surface area contributed by atoms with Gasteiger partial charge in [0.2, 0.25) is 11.8 Å². The molecule has 2 saturated heterocycles. The van der Waals surface area contributed by atoms with Gasteiger partial charge in [0.1, 0.15) is 5.82 Å². The van der Waals surface area contributed by atoms with Crippen LogP contribution in [0.25, 0.3) is 0 Å². The molecule has 2 aliphatic rings. The van der Waals surface area contributed by atoms with Crippen LogP contribution in [0.4, 0.5) is 11.5 Å². The van der Waals surface area contributed by atoms with Crippen molar-refractivity contribution in [3.63, 3.8) is 0 Å². The number of pyridine rings is 1. The molecule has 4 unspecified atom stereocenters. The summed E-state index contributed by atoms with van der Waals surface area (Å²) in [7, 11) is 0. The molecule has 0 spiro atoms. The summed E-state index contributed by atoms with van der Waals surface area (Å²) in [5, 5.41) is 6.54. The van der Waals surface area contributed by atoms with Crippen molar-refractivity contribution in [2.75, 3.05) is 10.6 Å². The largest absolute Gasteiger partial charge is 0.373 e. The molecule has 0 aliphatic carbocycles. The van der Waals surface area contributed by atoms with Gasteiger partial charge in [-0.2, -0.15) is 0 Å². The first-order chi connectivity index (χ1) is 14.0. The summed E-state index contributed by atoms with van der Waals surface area (Å²) in [4.78, 5) is 29.1. The summed E-state index contributed by atoms with van der Waals surface area (Å²) >= 11 is 12.0. The second-order valence-electron chi connectivity index (χ2n) is 7.34. The van der Waals surface area contributed by atoms with E-state index in [0.717, 1.165) is 18.4 Å². The third kappa shape index (κ3) is 4.10. The Bertz CT molecular complexity index is 953. The van der Waals surface area contributed by atoms with Gasteiger partial charge in [0, 0.05) is 24.2 Å². The molecule has 4 atom stereocenters. The van der Waals surface area contributed by atoms with E-state index in [1.165, 1.54) is 0 Å². The first kappa shape index (κ1) is 20.1. The first-order valence-electron chi connectivity index (χ1n) is 9.63. The number of amides is 2. The number of carbonyl (C=O) groups excluding carboxylic acids is 2. The fourth-order valence-corrected chi connectivity index (χ4v) is 4.49. The van der Waals surface area contributed by atoms with Crippen molar-refractivity contribution in [1.82, 2.24) is 4.98 Å². The Morgan fingerprint density at radius 1 is 1.10 bits per heavy atom. The lowest BCUT2D eigenvalue weighted by Crippen LogP contribution is -2.36. The standard InChI is InChI=1S/C21H21Cl2N3O3/c1-2-18(27)26-17-9-11(7-8-24-17)19-15-5-6-16(29-15)20(19)21(28)25-12-3-4-13(22)14(23)10-12/h3-4,7-10,15-16,19-20H,2,5-6H2,1H3,(H,25,28)(H,24,26,27). The highest BCUT2D eigenvalue weighted by Crippen LogP contribution is 2.49. The van der Waals surface area contributed by atoms with E-state index in [4.69, 9.17) is 27.9 Å². The van der Waals surface area contributed by atoms with Crippen LogP contribution in [0.2, 0.25) is 10.0 Å². The zero-order valence-electron chi connectivity index (χ0n) is 15.8. The van der Waals surface area contributed by atoms with E-state index in [0.29, 0.717) is 28.0 Å². The fourth-order valence-electron chi connectivity index (χ4n) is 4.19. The number of ether oxygens (including phenoxy) is 1. The van der Waals surface area contributed by atoms with E-state index in [2.05, 4.69) is 15.6 Å². The third-order valence-corrected chi connectivity index (χ3v) is 6.26. The van der Waals surface area contributed by atoms with Crippen LogP contribution in [0.15, 0.2) is 36.5 Å². The monoisotopic (exact) mass is 433 g/mol. The summed E-state index contributed by atoms with van der Waals surface area (Å²) in [5.74, 6) is -0.165. The van der Waals surface area contributed by atoms with E-state index in [1.54, 1.807) is 31.3 Å². The molecule has 2 N–H and O–H groups in total. The van der Waals surface area contributed by atoms with Crippen molar-refractivity contribution < 1.29 is 14.3 Å². The smallest absolute Gasteiger partial charge is 0.230 e. The topological polar surface area (TPSA) is 80.3 Å². The predicted octanol–water partition coefficient (Wildman–Crippen LogP) is 4.64. The number of fused-ring (bicyclic) bond motifs is 2. The van der Waals surface area contributed by atoms with Gasteiger partial charge in [-0.1, -0.05) is 30.1 Å². The maximum atomic E-state index is 13.1. The van der Waals surface area contributed by atoms with Gasteiger partial charge in [-0.3, -0.25) is 9.59 Å². The molecule has 2 aromatic rings. The molecule has 6 nitrogen and oxygen atoms in total. The molecular weight excluding hydrogens is 413 g/mol. The van der Waals surface area contributed by atoms with Gasteiger partial charge in [-0.05, 0) is 48.7 Å². The highest BCUT2D eigenvalue weighted by molar-refractivity contribution is 6.42. The lowest BCUT2D eigenvalue weighted by Gasteiger charge is -2.27. The molecule has 2 aliphatic heterocycles. The Morgan fingerprint density at radius 2 is 1.90 bits per heavy atom. The maximum Gasteiger partial charge on any atom is 0.230 e. The third-order valence-electron chi connectivity index (χ3n) is 5.52. The van der Waals surface area contributed by atoms with Crippen molar-refractivity contribution in [1.29, 1.82) is 0 Å². The second kappa shape index (κ2) is 8.30. The lowest BCUT2D eigenvalue weighted by atomic mass is 9.75. The van der Waals surface area contributed by atoms with Crippen LogP contribution < -0.4 is 10.6 Å². The zero-order valence-corrected chi connectivity index (χ0v) is 17.3. The predicted molar refractivity (Wildman–Crippen MR) is 112 cm³/mol. The van der Waals surface area contributed by atoms with Gasteiger partial charge >= 0.3 is 0 Å². The highest BCUT2D eigenvalue weighted by atomic mass is 35.5. The Labute approximate surface area is 178 Å². The van der Waals surface area contributed by atoms with E-state index in [-0.39, 0.29) is 35.9 Å². The number of anilines is 2. The number of benzene rings is 1. The quantitative estimate of drug-likeness (QED) is 0.719. The Morgan fingerprint density at radius 3 is 2.66 bits per heavy atom. The number of nitrogens with zero attached hydrogens (tertiary/aromatic N) is 1. The second-order valence-corrected chi connectivity index (χ2v) is 8.15. The molecule has 29 heavy (non-hydrogen) atoms. The van der Waals surface area contributed by atoms with Gasteiger partial charge < -0.3 is 15.4 Å². The first-order valence-corrected chi connectivity index (χ1v) is 10.4. The van der Waals surface area contributed by atoms with Gasteiger partial charge in [0.15, 0.2) is 0 Å². The minimum Gasteiger partial charge on any atom is -0.373 e. The van der Waals surface area contributed by atoms with Crippen LogP contribution in [-0.2, 0) is 14.3 Å². The molecule has 2 amide bonds. The zero-order chi connectivity index (χ0) is 20.5. The van der Waals surface area contributed by atoms with Gasteiger partial charge in [-0.25, -0.2) is 4.98 Å². The average Bonchev–Trinajstić information content (AvgIpc) is 3.32. The molecule has 4 rings (SSSR count). The lowest BCUT2D eigenvalue weighted by molar-refractivity contribution is -0.121. The molecular formula is C21H21Cl2N3O3. The number of nitrogens with one attached hydrogen (secondary N) is 2. The van der Waals surface area contributed by atoms with Crippen LogP contribution in [0.1, 0.15) is 37.7 Å².